The summed E-state index contributed by atoms with van der Waals surface area (Å²) >= 11 is 6.25. The Bertz CT molecular complexity index is 645. The number of benzene rings is 1. The molecule has 0 amide bonds. The molecule has 104 valence electrons. The molecule has 3 rings (SSSR count). The van der Waals surface area contributed by atoms with Crippen molar-refractivity contribution in [2.24, 2.45) is 0 Å². The van der Waals surface area contributed by atoms with Gasteiger partial charge in [0.15, 0.2) is 0 Å². The maximum absolute atomic E-state index is 6.25. The SMILES string of the molecule is Cc1cccc(Cl)c1Nc1nc(C2CC2)nc(N)c1C. The standard InChI is InChI=1S/C15H17ClN4/c1-8-4-3-5-11(16)12(8)18-14-9(2)13(17)19-15(20-14)10-6-7-10/h3-5,10H,6-7H2,1-2H3,(H3,17,18,19,20). The van der Waals surface area contributed by atoms with Crippen LogP contribution in [0.5, 0.6) is 0 Å². The number of para-hydroxylation sites is 1. The molecule has 0 bridgehead atoms. The smallest absolute Gasteiger partial charge is 0.139 e. The van der Waals surface area contributed by atoms with Crippen LogP contribution in [-0.2, 0) is 0 Å². The molecule has 1 aromatic carbocycles. The lowest BCUT2D eigenvalue weighted by Gasteiger charge is -2.14. The van der Waals surface area contributed by atoms with Crippen molar-refractivity contribution in [2.75, 3.05) is 11.1 Å². The second-order valence-electron chi connectivity index (χ2n) is 5.27. The zero-order valence-corrected chi connectivity index (χ0v) is 12.3. The maximum atomic E-state index is 6.25. The van der Waals surface area contributed by atoms with Crippen LogP contribution >= 0.6 is 11.6 Å². The van der Waals surface area contributed by atoms with Gasteiger partial charge in [-0.15, -0.1) is 0 Å². The van der Waals surface area contributed by atoms with Crippen LogP contribution in [0.15, 0.2) is 18.2 Å². The summed E-state index contributed by atoms with van der Waals surface area (Å²) in [5.41, 5.74) is 8.79. The first kappa shape index (κ1) is 13.2. The zero-order valence-electron chi connectivity index (χ0n) is 11.6. The fourth-order valence-electron chi connectivity index (χ4n) is 2.11. The van der Waals surface area contributed by atoms with Gasteiger partial charge in [-0.05, 0) is 38.3 Å². The first-order chi connectivity index (χ1) is 9.56. The number of nitrogens with zero attached hydrogens (tertiary/aromatic N) is 2. The third kappa shape index (κ3) is 2.43. The Labute approximate surface area is 123 Å². The number of anilines is 3. The lowest BCUT2D eigenvalue weighted by atomic mass is 10.2. The molecule has 5 heteroatoms. The van der Waals surface area contributed by atoms with E-state index in [0.29, 0.717) is 16.8 Å². The molecule has 4 nitrogen and oxygen atoms in total. The molecule has 2 aromatic rings. The van der Waals surface area contributed by atoms with Crippen molar-refractivity contribution in [2.45, 2.75) is 32.6 Å². The minimum absolute atomic E-state index is 0.464. The van der Waals surface area contributed by atoms with E-state index >= 15 is 0 Å². The van der Waals surface area contributed by atoms with E-state index in [4.69, 9.17) is 17.3 Å². The molecule has 20 heavy (non-hydrogen) atoms. The number of nitrogens with one attached hydrogen (secondary N) is 1. The fourth-order valence-corrected chi connectivity index (χ4v) is 2.38. The van der Waals surface area contributed by atoms with Crippen molar-refractivity contribution in [3.05, 3.63) is 40.2 Å². The van der Waals surface area contributed by atoms with E-state index in [1.165, 1.54) is 0 Å². The van der Waals surface area contributed by atoms with Crippen molar-refractivity contribution >= 4 is 28.9 Å². The number of rotatable bonds is 3. The van der Waals surface area contributed by atoms with Gasteiger partial charge in [-0.25, -0.2) is 9.97 Å². The van der Waals surface area contributed by atoms with Crippen LogP contribution < -0.4 is 11.1 Å². The van der Waals surface area contributed by atoms with E-state index in [2.05, 4.69) is 15.3 Å². The number of nitrogen functional groups attached to an aromatic ring is 1. The van der Waals surface area contributed by atoms with Crippen LogP contribution in [0.3, 0.4) is 0 Å². The molecule has 0 radical (unpaired) electrons. The molecule has 0 unspecified atom stereocenters. The topological polar surface area (TPSA) is 63.8 Å². The predicted molar refractivity (Wildman–Crippen MR) is 82.6 cm³/mol. The average molecular weight is 289 g/mol. The molecule has 1 fully saturated rings. The van der Waals surface area contributed by atoms with Gasteiger partial charge in [0.25, 0.3) is 0 Å². The highest BCUT2D eigenvalue weighted by Crippen LogP contribution is 2.40. The van der Waals surface area contributed by atoms with Gasteiger partial charge in [0.1, 0.15) is 17.5 Å². The van der Waals surface area contributed by atoms with Gasteiger partial charge < -0.3 is 11.1 Å². The van der Waals surface area contributed by atoms with Crippen LogP contribution in [0.1, 0.15) is 35.7 Å². The molecule has 1 aliphatic rings. The number of hydrogen-bond acceptors (Lipinski definition) is 4. The minimum Gasteiger partial charge on any atom is -0.383 e. The van der Waals surface area contributed by atoms with Crippen LogP contribution in [0, 0.1) is 13.8 Å². The minimum atomic E-state index is 0.464. The third-order valence-electron chi connectivity index (χ3n) is 3.61. The van der Waals surface area contributed by atoms with Crippen molar-refractivity contribution < 1.29 is 0 Å². The Balaban J connectivity index is 2.01. The van der Waals surface area contributed by atoms with Gasteiger partial charge in [0.2, 0.25) is 0 Å². The number of nitrogens with two attached hydrogens (primary N) is 1. The van der Waals surface area contributed by atoms with Crippen LogP contribution in [0.4, 0.5) is 17.3 Å². The molecule has 1 aliphatic carbocycles. The summed E-state index contributed by atoms with van der Waals surface area (Å²) in [7, 11) is 0. The Morgan fingerprint density at radius 2 is 2.00 bits per heavy atom. The molecule has 1 heterocycles. The first-order valence-corrected chi connectivity index (χ1v) is 7.10. The van der Waals surface area contributed by atoms with E-state index in [1.807, 2.05) is 32.0 Å². The highest BCUT2D eigenvalue weighted by atomic mass is 35.5. The second kappa shape index (κ2) is 4.94. The van der Waals surface area contributed by atoms with Crippen molar-refractivity contribution in [1.29, 1.82) is 0 Å². The Morgan fingerprint density at radius 1 is 1.25 bits per heavy atom. The maximum Gasteiger partial charge on any atom is 0.139 e. The monoisotopic (exact) mass is 288 g/mol. The van der Waals surface area contributed by atoms with E-state index < -0.39 is 0 Å². The Kier molecular flexibility index (Phi) is 3.26. The summed E-state index contributed by atoms with van der Waals surface area (Å²) in [5, 5.41) is 3.99. The normalized spacial score (nSPS) is 14.3. The first-order valence-electron chi connectivity index (χ1n) is 6.72. The highest BCUT2D eigenvalue weighted by Gasteiger charge is 2.28. The van der Waals surface area contributed by atoms with Gasteiger partial charge in [-0.1, -0.05) is 23.7 Å². The van der Waals surface area contributed by atoms with Gasteiger partial charge in [0, 0.05) is 11.5 Å². The number of aryl methyl sites for hydroxylation is 1. The molecule has 0 atom stereocenters. The van der Waals surface area contributed by atoms with Crippen molar-refractivity contribution in [1.82, 2.24) is 9.97 Å². The molecule has 0 aliphatic heterocycles. The predicted octanol–water partition coefficient (Wildman–Crippen LogP) is 3.95. The second-order valence-corrected chi connectivity index (χ2v) is 5.68. The lowest BCUT2D eigenvalue weighted by Crippen LogP contribution is -2.07. The van der Waals surface area contributed by atoms with E-state index in [-0.39, 0.29) is 0 Å². The lowest BCUT2D eigenvalue weighted by molar-refractivity contribution is 0.927. The Hall–Kier alpha value is -1.81. The largest absolute Gasteiger partial charge is 0.383 e. The number of halogens is 1. The summed E-state index contributed by atoms with van der Waals surface area (Å²) in [4.78, 5) is 8.99. The summed E-state index contributed by atoms with van der Waals surface area (Å²) < 4.78 is 0. The highest BCUT2D eigenvalue weighted by molar-refractivity contribution is 6.33. The molecule has 0 spiro atoms. The molecule has 0 saturated heterocycles. The quantitative estimate of drug-likeness (QED) is 0.897. The van der Waals surface area contributed by atoms with E-state index in [9.17, 15) is 0 Å². The summed E-state index contributed by atoms with van der Waals surface area (Å²) in [6, 6.07) is 5.80. The zero-order chi connectivity index (χ0) is 14.3. The van der Waals surface area contributed by atoms with Gasteiger partial charge in [0.05, 0.1) is 10.7 Å². The van der Waals surface area contributed by atoms with Crippen LogP contribution in [0.2, 0.25) is 5.02 Å². The fraction of sp³-hybridized carbons (Fsp3) is 0.333. The summed E-state index contributed by atoms with van der Waals surface area (Å²) in [6.07, 6.45) is 2.29. The van der Waals surface area contributed by atoms with E-state index in [0.717, 1.165) is 41.3 Å². The summed E-state index contributed by atoms with van der Waals surface area (Å²) in [6.45, 7) is 3.93. The number of aromatic nitrogens is 2. The summed E-state index contributed by atoms with van der Waals surface area (Å²) in [5.74, 6) is 2.58. The van der Waals surface area contributed by atoms with Crippen LogP contribution in [-0.4, -0.2) is 9.97 Å². The average Bonchev–Trinajstić information content (AvgIpc) is 3.23. The molecular weight excluding hydrogens is 272 g/mol. The van der Waals surface area contributed by atoms with Crippen molar-refractivity contribution in [3.63, 3.8) is 0 Å². The molecule has 3 N–H and O–H groups in total. The van der Waals surface area contributed by atoms with Gasteiger partial charge >= 0.3 is 0 Å². The van der Waals surface area contributed by atoms with Gasteiger partial charge in [-0.2, -0.15) is 0 Å². The van der Waals surface area contributed by atoms with Gasteiger partial charge in [-0.3, -0.25) is 0 Å². The Morgan fingerprint density at radius 3 is 2.65 bits per heavy atom. The molecule has 1 saturated carbocycles. The molecule has 1 aromatic heterocycles. The molecular formula is C15H17ClN4. The van der Waals surface area contributed by atoms with Crippen molar-refractivity contribution in [3.8, 4) is 0 Å². The van der Waals surface area contributed by atoms with E-state index in [1.54, 1.807) is 0 Å². The number of hydrogen-bond donors (Lipinski definition) is 2. The third-order valence-corrected chi connectivity index (χ3v) is 3.92. The van der Waals surface area contributed by atoms with Crippen LogP contribution in [0.25, 0.3) is 0 Å².